The molecule has 0 spiro atoms. The smallest absolute Gasteiger partial charge is 0.338 e. The minimum absolute atomic E-state index is 0.427. The van der Waals surface area contributed by atoms with Crippen LogP contribution in [0.1, 0.15) is 21.5 Å². The standard InChI is InChI=1S/C10H8BrNO2S/c1-14-10(13)8-3-9(15)7(5-12)2-6(8)4-11/h2-3,15H,4H2,1H3. The first-order chi connectivity index (χ1) is 7.13. The van der Waals surface area contributed by atoms with E-state index in [4.69, 9.17) is 5.26 Å². The lowest BCUT2D eigenvalue weighted by Gasteiger charge is -2.07. The van der Waals surface area contributed by atoms with E-state index in [1.54, 1.807) is 12.1 Å². The first-order valence-corrected chi connectivity index (χ1v) is 5.61. The average molecular weight is 286 g/mol. The summed E-state index contributed by atoms with van der Waals surface area (Å²) in [4.78, 5) is 11.9. The third-order valence-electron chi connectivity index (χ3n) is 1.89. The van der Waals surface area contributed by atoms with Gasteiger partial charge in [0.25, 0.3) is 0 Å². The number of ether oxygens (including phenoxy) is 1. The highest BCUT2D eigenvalue weighted by atomic mass is 79.9. The summed E-state index contributed by atoms with van der Waals surface area (Å²) < 4.78 is 4.63. The summed E-state index contributed by atoms with van der Waals surface area (Å²) in [5.41, 5.74) is 1.59. The minimum atomic E-state index is -0.427. The molecule has 0 bridgehead atoms. The quantitative estimate of drug-likeness (QED) is 0.516. The molecule has 15 heavy (non-hydrogen) atoms. The number of halogens is 1. The average Bonchev–Trinajstić information content (AvgIpc) is 2.27. The molecule has 0 heterocycles. The number of hydrogen-bond acceptors (Lipinski definition) is 4. The van der Waals surface area contributed by atoms with Gasteiger partial charge in [0.05, 0.1) is 18.2 Å². The summed E-state index contributed by atoms with van der Waals surface area (Å²) in [5, 5.41) is 9.28. The van der Waals surface area contributed by atoms with Gasteiger partial charge in [0.2, 0.25) is 0 Å². The highest BCUT2D eigenvalue weighted by Crippen LogP contribution is 2.22. The number of carbonyl (C=O) groups excluding carboxylic acids is 1. The van der Waals surface area contributed by atoms with Crippen LogP contribution in [0.2, 0.25) is 0 Å². The van der Waals surface area contributed by atoms with E-state index in [0.29, 0.717) is 21.4 Å². The number of benzene rings is 1. The fourth-order valence-electron chi connectivity index (χ4n) is 1.13. The summed E-state index contributed by atoms with van der Waals surface area (Å²) in [6.45, 7) is 0. The first-order valence-electron chi connectivity index (χ1n) is 4.04. The summed E-state index contributed by atoms with van der Waals surface area (Å²) in [7, 11) is 1.32. The van der Waals surface area contributed by atoms with Gasteiger partial charge in [-0.15, -0.1) is 12.6 Å². The van der Waals surface area contributed by atoms with Crippen molar-refractivity contribution in [3.63, 3.8) is 0 Å². The molecule has 78 valence electrons. The molecule has 0 amide bonds. The van der Waals surface area contributed by atoms with Crippen LogP contribution in [0.15, 0.2) is 17.0 Å². The van der Waals surface area contributed by atoms with Crippen LogP contribution in [0.25, 0.3) is 0 Å². The number of rotatable bonds is 2. The third-order valence-corrected chi connectivity index (χ3v) is 2.87. The number of carbonyl (C=O) groups is 1. The number of nitrogens with zero attached hydrogens (tertiary/aromatic N) is 1. The van der Waals surface area contributed by atoms with E-state index < -0.39 is 5.97 Å². The number of hydrogen-bond donors (Lipinski definition) is 1. The van der Waals surface area contributed by atoms with Crippen LogP contribution < -0.4 is 0 Å². The van der Waals surface area contributed by atoms with Crippen molar-refractivity contribution in [3.8, 4) is 6.07 Å². The first kappa shape index (κ1) is 12.1. The van der Waals surface area contributed by atoms with E-state index in [1.807, 2.05) is 6.07 Å². The van der Waals surface area contributed by atoms with E-state index in [0.717, 1.165) is 5.56 Å². The molecule has 0 unspecified atom stereocenters. The van der Waals surface area contributed by atoms with E-state index in [-0.39, 0.29) is 0 Å². The number of thiol groups is 1. The number of nitriles is 1. The lowest BCUT2D eigenvalue weighted by atomic mass is 10.1. The monoisotopic (exact) mass is 285 g/mol. The Bertz CT molecular complexity index is 440. The van der Waals surface area contributed by atoms with Crippen LogP contribution in [0, 0.1) is 11.3 Å². The van der Waals surface area contributed by atoms with Gasteiger partial charge in [-0.2, -0.15) is 5.26 Å². The second-order valence-electron chi connectivity index (χ2n) is 2.76. The summed E-state index contributed by atoms with van der Waals surface area (Å²) >= 11 is 7.37. The van der Waals surface area contributed by atoms with E-state index >= 15 is 0 Å². The van der Waals surface area contributed by atoms with Crippen molar-refractivity contribution in [3.05, 3.63) is 28.8 Å². The van der Waals surface area contributed by atoms with Gasteiger partial charge >= 0.3 is 5.97 Å². The van der Waals surface area contributed by atoms with Crippen molar-refractivity contribution in [2.75, 3.05) is 7.11 Å². The lowest BCUT2D eigenvalue weighted by Crippen LogP contribution is -2.05. The Labute approximate surface area is 102 Å². The molecule has 0 aliphatic rings. The van der Waals surface area contributed by atoms with Crippen molar-refractivity contribution in [2.24, 2.45) is 0 Å². The molecule has 0 aliphatic heterocycles. The van der Waals surface area contributed by atoms with Crippen molar-refractivity contribution < 1.29 is 9.53 Å². The van der Waals surface area contributed by atoms with Gasteiger partial charge in [-0.3, -0.25) is 0 Å². The lowest BCUT2D eigenvalue weighted by molar-refractivity contribution is 0.0599. The maximum Gasteiger partial charge on any atom is 0.338 e. The molecule has 0 aliphatic carbocycles. The zero-order chi connectivity index (χ0) is 11.4. The van der Waals surface area contributed by atoms with Gasteiger partial charge in [0, 0.05) is 10.2 Å². The molecule has 0 N–H and O–H groups in total. The Hall–Kier alpha value is -0.990. The molecule has 0 fully saturated rings. The van der Waals surface area contributed by atoms with Gasteiger partial charge < -0.3 is 4.74 Å². The normalized spacial score (nSPS) is 9.47. The van der Waals surface area contributed by atoms with Gasteiger partial charge in [-0.25, -0.2) is 4.79 Å². The van der Waals surface area contributed by atoms with E-state index in [2.05, 4.69) is 33.3 Å². The molecule has 0 saturated carbocycles. The van der Waals surface area contributed by atoms with Crippen LogP contribution in [0.5, 0.6) is 0 Å². The molecule has 1 aromatic rings. The fraction of sp³-hybridized carbons (Fsp3) is 0.200. The third kappa shape index (κ3) is 2.52. The SMILES string of the molecule is COC(=O)c1cc(S)c(C#N)cc1CBr. The van der Waals surface area contributed by atoms with Gasteiger partial charge in [0.15, 0.2) is 0 Å². The number of alkyl halides is 1. The predicted molar refractivity (Wildman–Crippen MR) is 62.4 cm³/mol. The number of esters is 1. The molecule has 0 aromatic heterocycles. The molecule has 1 rings (SSSR count). The summed E-state index contributed by atoms with van der Waals surface area (Å²) in [6.07, 6.45) is 0. The largest absolute Gasteiger partial charge is 0.465 e. The Morgan fingerprint density at radius 2 is 2.33 bits per heavy atom. The van der Waals surface area contributed by atoms with Gasteiger partial charge in [0.1, 0.15) is 6.07 Å². The summed E-state index contributed by atoms with van der Waals surface area (Å²) in [6, 6.07) is 5.18. The van der Waals surface area contributed by atoms with Gasteiger partial charge in [-0.05, 0) is 17.7 Å². The zero-order valence-corrected chi connectivity index (χ0v) is 10.4. The van der Waals surface area contributed by atoms with Crippen molar-refractivity contribution >= 4 is 34.5 Å². The fourth-order valence-corrected chi connectivity index (χ4v) is 1.84. The van der Waals surface area contributed by atoms with Crippen molar-refractivity contribution in [2.45, 2.75) is 10.2 Å². The maximum absolute atomic E-state index is 11.4. The highest BCUT2D eigenvalue weighted by molar-refractivity contribution is 9.08. The van der Waals surface area contributed by atoms with Gasteiger partial charge in [-0.1, -0.05) is 15.9 Å². The molecule has 3 nitrogen and oxygen atoms in total. The predicted octanol–water partition coefficient (Wildman–Crippen LogP) is 2.53. The van der Waals surface area contributed by atoms with Crippen LogP contribution in [-0.2, 0) is 10.1 Å². The van der Waals surface area contributed by atoms with Crippen molar-refractivity contribution in [1.82, 2.24) is 0 Å². The highest BCUT2D eigenvalue weighted by Gasteiger charge is 2.13. The summed E-state index contributed by atoms with van der Waals surface area (Å²) in [5.74, 6) is -0.427. The second-order valence-corrected chi connectivity index (χ2v) is 3.81. The van der Waals surface area contributed by atoms with Crippen molar-refractivity contribution in [1.29, 1.82) is 5.26 Å². The molecule has 5 heteroatoms. The van der Waals surface area contributed by atoms with E-state index in [1.165, 1.54) is 7.11 Å². The second kappa shape index (κ2) is 5.19. The zero-order valence-electron chi connectivity index (χ0n) is 7.95. The Morgan fingerprint density at radius 3 is 2.80 bits per heavy atom. The topological polar surface area (TPSA) is 50.1 Å². The van der Waals surface area contributed by atoms with Crippen LogP contribution >= 0.6 is 28.6 Å². The molecule has 0 saturated heterocycles. The molecular weight excluding hydrogens is 278 g/mol. The Morgan fingerprint density at radius 1 is 1.67 bits per heavy atom. The molecular formula is C10H8BrNO2S. The number of methoxy groups -OCH3 is 1. The molecule has 1 aromatic carbocycles. The van der Waals surface area contributed by atoms with Crippen LogP contribution in [0.4, 0.5) is 0 Å². The molecule has 0 radical (unpaired) electrons. The minimum Gasteiger partial charge on any atom is -0.465 e. The van der Waals surface area contributed by atoms with Crippen LogP contribution in [0.3, 0.4) is 0 Å². The Balaban J connectivity index is 3.35. The molecule has 0 atom stereocenters. The Kier molecular flexibility index (Phi) is 4.18. The van der Waals surface area contributed by atoms with E-state index in [9.17, 15) is 4.79 Å². The van der Waals surface area contributed by atoms with Crippen LogP contribution in [-0.4, -0.2) is 13.1 Å². The maximum atomic E-state index is 11.4.